The number of rotatable bonds is 5. The van der Waals surface area contributed by atoms with Gasteiger partial charge >= 0.3 is 5.97 Å². The van der Waals surface area contributed by atoms with Crippen LogP contribution in [0.1, 0.15) is 70.3 Å². The highest BCUT2D eigenvalue weighted by molar-refractivity contribution is 5.91. The highest BCUT2D eigenvalue weighted by Crippen LogP contribution is 2.67. The van der Waals surface area contributed by atoms with Gasteiger partial charge < -0.3 is 9.47 Å². The number of hydrogen-bond donors (Lipinski definition) is 0. The molecule has 0 N–H and O–H groups in total. The van der Waals surface area contributed by atoms with Gasteiger partial charge in [-0.1, -0.05) is 36.6 Å². The van der Waals surface area contributed by atoms with Crippen LogP contribution in [0.3, 0.4) is 0 Å². The van der Waals surface area contributed by atoms with Crippen molar-refractivity contribution < 1.29 is 19.1 Å². The topological polar surface area (TPSA) is 52.6 Å². The first-order valence-corrected chi connectivity index (χ1v) is 13.0. The van der Waals surface area contributed by atoms with Crippen molar-refractivity contribution >= 4 is 11.8 Å². The Morgan fingerprint density at radius 2 is 1.94 bits per heavy atom. The molecule has 5 rings (SSSR count). The molecular formula is C30H36O4. The van der Waals surface area contributed by atoms with E-state index in [4.69, 9.17) is 15.9 Å². The van der Waals surface area contributed by atoms with Crippen LogP contribution in [0.2, 0.25) is 0 Å². The minimum atomic E-state index is -0.859. The number of terminal acetylenes is 1. The zero-order valence-corrected chi connectivity index (χ0v) is 20.5. The van der Waals surface area contributed by atoms with Gasteiger partial charge in [-0.25, -0.2) is 4.79 Å². The highest BCUT2D eigenvalue weighted by Gasteiger charge is 2.65. The summed E-state index contributed by atoms with van der Waals surface area (Å²) in [5.74, 6) is 5.88. The van der Waals surface area contributed by atoms with E-state index in [0.717, 1.165) is 56.9 Å². The average Bonchev–Trinajstić information content (AvgIpc) is 3.18. The summed E-state index contributed by atoms with van der Waals surface area (Å²) in [7, 11) is 0. The molecule has 4 heteroatoms. The molecule has 6 atom stereocenters. The molecule has 4 unspecified atom stereocenters. The van der Waals surface area contributed by atoms with Crippen LogP contribution in [0.4, 0.5) is 0 Å². The van der Waals surface area contributed by atoms with Crippen molar-refractivity contribution in [2.24, 2.45) is 29.1 Å². The van der Waals surface area contributed by atoms with Crippen molar-refractivity contribution in [2.75, 3.05) is 6.61 Å². The fourth-order valence-electron chi connectivity index (χ4n) is 8.20. The van der Waals surface area contributed by atoms with Gasteiger partial charge in [-0.15, -0.1) is 6.42 Å². The predicted octanol–water partition coefficient (Wildman–Crippen LogP) is 5.82. The van der Waals surface area contributed by atoms with E-state index < -0.39 is 5.60 Å². The number of aryl methyl sites for hydroxylation is 1. The number of fused-ring (bicyclic) bond motifs is 5. The number of esters is 1. The van der Waals surface area contributed by atoms with E-state index in [2.05, 4.69) is 12.8 Å². The summed E-state index contributed by atoms with van der Waals surface area (Å²) < 4.78 is 12.0. The molecule has 0 aliphatic heterocycles. The van der Waals surface area contributed by atoms with Crippen LogP contribution in [0.5, 0.6) is 5.75 Å². The molecule has 0 heterocycles. The Morgan fingerprint density at radius 1 is 1.12 bits per heavy atom. The number of ketones is 1. The molecule has 180 valence electrons. The Morgan fingerprint density at radius 3 is 2.71 bits per heavy atom. The third-order valence-corrected chi connectivity index (χ3v) is 9.71. The Bertz CT molecular complexity index is 1050. The maximum absolute atomic E-state index is 13.0. The molecule has 0 spiro atoms. The van der Waals surface area contributed by atoms with Crippen LogP contribution in [-0.4, -0.2) is 24.0 Å². The molecule has 0 radical (unpaired) electrons. The molecule has 0 saturated heterocycles. The molecular weight excluding hydrogens is 424 g/mol. The second-order valence-corrected chi connectivity index (χ2v) is 10.9. The van der Waals surface area contributed by atoms with Crippen molar-refractivity contribution in [3.8, 4) is 18.1 Å². The van der Waals surface area contributed by atoms with E-state index >= 15 is 0 Å². The van der Waals surface area contributed by atoms with E-state index in [1.54, 1.807) is 0 Å². The molecule has 0 amide bonds. The third-order valence-electron chi connectivity index (χ3n) is 9.71. The van der Waals surface area contributed by atoms with Crippen LogP contribution in [-0.2, 0) is 14.3 Å². The van der Waals surface area contributed by atoms with E-state index in [0.29, 0.717) is 41.6 Å². The summed E-state index contributed by atoms with van der Waals surface area (Å²) in [4.78, 5) is 25.0. The molecule has 4 nitrogen and oxygen atoms in total. The second kappa shape index (κ2) is 8.91. The lowest BCUT2D eigenvalue weighted by Crippen LogP contribution is -2.55. The first-order valence-electron chi connectivity index (χ1n) is 13.0. The largest absolute Gasteiger partial charge is 0.482 e. The quantitative estimate of drug-likeness (QED) is 0.410. The van der Waals surface area contributed by atoms with Crippen LogP contribution in [0.25, 0.3) is 0 Å². The molecule has 4 aliphatic carbocycles. The SMILES string of the molecule is C#C[C@]1(OC(=O)COc2ccccc2C)CCC2C3CCC4=CC(=O)CCC4C3CC[C@@]21CC. The first-order chi connectivity index (χ1) is 16.4. The molecule has 34 heavy (non-hydrogen) atoms. The fourth-order valence-corrected chi connectivity index (χ4v) is 8.20. The van der Waals surface area contributed by atoms with Crippen LogP contribution in [0.15, 0.2) is 35.9 Å². The molecule has 1 aromatic carbocycles. The van der Waals surface area contributed by atoms with Gasteiger partial charge in [0.2, 0.25) is 0 Å². The number of hydrogen-bond acceptors (Lipinski definition) is 4. The van der Waals surface area contributed by atoms with Crippen LogP contribution >= 0.6 is 0 Å². The van der Waals surface area contributed by atoms with Gasteiger partial charge in [0.1, 0.15) is 5.75 Å². The third kappa shape index (κ3) is 3.60. The average molecular weight is 461 g/mol. The lowest BCUT2D eigenvalue weighted by Gasteiger charge is -2.56. The number of carbonyl (C=O) groups excluding carboxylic acids is 2. The molecule has 3 fully saturated rings. The van der Waals surface area contributed by atoms with Gasteiger partial charge in [-0.2, -0.15) is 0 Å². The summed E-state index contributed by atoms with van der Waals surface area (Å²) in [6, 6.07) is 7.67. The van der Waals surface area contributed by atoms with Gasteiger partial charge in [0.15, 0.2) is 18.0 Å². The number of allylic oxidation sites excluding steroid dienone is 1. The monoisotopic (exact) mass is 460 g/mol. The zero-order valence-electron chi connectivity index (χ0n) is 20.5. The Labute approximate surface area is 203 Å². The van der Waals surface area contributed by atoms with Gasteiger partial charge in [0, 0.05) is 11.8 Å². The second-order valence-electron chi connectivity index (χ2n) is 10.9. The summed E-state index contributed by atoms with van der Waals surface area (Å²) in [5.41, 5.74) is 1.35. The number of carbonyl (C=O) groups is 2. The predicted molar refractivity (Wildman–Crippen MR) is 131 cm³/mol. The Hall–Kier alpha value is -2.54. The van der Waals surface area contributed by atoms with E-state index in [1.165, 1.54) is 5.57 Å². The Balaban J connectivity index is 1.35. The van der Waals surface area contributed by atoms with E-state index in [-0.39, 0.29) is 18.0 Å². The first kappa shape index (κ1) is 23.2. The molecule has 1 aromatic rings. The van der Waals surface area contributed by atoms with Crippen molar-refractivity contribution in [3.05, 3.63) is 41.5 Å². The van der Waals surface area contributed by atoms with Gasteiger partial charge in [-0.05, 0) is 99.7 Å². The molecule has 4 aliphatic rings. The summed E-state index contributed by atoms with van der Waals surface area (Å²) in [5, 5.41) is 0. The fraction of sp³-hybridized carbons (Fsp3) is 0.600. The highest BCUT2D eigenvalue weighted by atomic mass is 16.6. The van der Waals surface area contributed by atoms with E-state index in [1.807, 2.05) is 37.3 Å². The Kier molecular flexibility index (Phi) is 6.09. The minimum Gasteiger partial charge on any atom is -0.482 e. The standard InChI is InChI=1S/C30H36O4/c1-4-29-16-14-24-23-13-11-22(31)18-21(23)10-12-25(24)26(29)15-17-30(29,5-2)34-28(32)19-33-27-9-7-6-8-20(27)3/h2,6-9,18,23-26H,4,10-17,19H2,1,3H3/t23?,24?,25?,26?,29-,30-/m0/s1. The molecule has 0 bridgehead atoms. The van der Waals surface area contributed by atoms with Gasteiger partial charge in [0.05, 0.1) is 0 Å². The van der Waals surface area contributed by atoms with Crippen molar-refractivity contribution in [1.82, 2.24) is 0 Å². The summed E-state index contributed by atoms with van der Waals surface area (Å²) in [6.07, 6.45) is 16.7. The molecule has 0 aromatic heterocycles. The minimum absolute atomic E-state index is 0.130. The van der Waals surface area contributed by atoms with Crippen LogP contribution < -0.4 is 4.74 Å². The lowest BCUT2D eigenvalue weighted by molar-refractivity contribution is -0.175. The van der Waals surface area contributed by atoms with E-state index in [9.17, 15) is 9.59 Å². The lowest BCUT2D eigenvalue weighted by atomic mass is 9.49. The smallest absolute Gasteiger partial charge is 0.345 e. The number of ether oxygens (including phenoxy) is 2. The summed E-state index contributed by atoms with van der Waals surface area (Å²) >= 11 is 0. The maximum Gasteiger partial charge on any atom is 0.345 e. The van der Waals surface area contributed by atoms with Crippen molar-refractivity contribution in [2.45, 2.75) is 77.2 Å². The van der Waals surface area contributed by atoms with Crippen molar-refractivity contribution in [1.29, 1.82) is 0 Å². The zero-order chi connectivity index (χ0) is 23.9. The van der Waals surface area contributed by atoms with Gasteiger partial charge in [-0.3, -0.25) is 4.79 Å². The maximum atomic E-state index is 13.0. The van der Waals surface area contributed by atoms with Crippen molar-refractivity contribution in [3.63, 3.8) is 0 Å². The van der Waals surface area contributed by atoms with Gasteiger partial charge in [0.25, 0.3) is 0 Å². The van der Waals surface area contributed by atoms with Crippen LogP contribution in [0, 0.1) is 48.4 Å². The number of benzene rings is 1. The molecule has 3 saturated carbocycles. The summed E-state index contributed by atoms with van der Waals surface area (Å²) in [6.45, 7) is 4.05. The normalized spacial score (nSPS) is 36.4. The number of para-hydroxylation sites is 1.